The number of aliphatic hydroxyl groups excluding tert-OH is 1. The van der Waals surface area contributed by atoms with Crippen LogP contribution in [-0.2, 0) is 0 Å². The van der Waals surface area contributed by atoms with Crippen LogP contribution < -0.4 is 10.5 Å². The second kappa shape index (κ2) is 9.20. The molecule has 0 radical (unpaired) electrons. The fourth-order valence-electron chi connectivity index (χ4n) is 1.92. The molecule has 3 nitrogen and oxygen atoms in total. The van der Waals surface area contributed by atoms with E-state index >= 15 is 0 Å². The van der Waals surface area contributed by atoms with Crippen molar-refractivity contribution >= 4 is 12.4 Å². The standard InChI is InChI=1S/C14H23NO2.ClH/c1-11-4-3-5-12(2)14(11)17-9-7-13(10-16)6-8-15;/h3-5,13,16H,6-10,15H2,1-2H3;1H/t13-;/m1./s1. The number of rotatable bonds is 7. The first-order valence-corrected chi connectivity index (χ1v) is 6.19. The third-order valence-corrected chi connectivity index (χ3v) is 3.01. The van der Waals surface area contributed by atoms with E-state index in [2.05, 4.69) is 0 Å². The molecule has 0 aliphatic carbocycles. The van der Waals surface area contributed by atoms with Crippen molar-refractivity contribution in [2.45, 2.75) is 26.7 Å². The zero-order chi connectivity index (χ0) is 12.7. The number of hydrogen-bond donors (Lipinski definition) is 2. The molecular formula is C14H24ClNO2. The number of para-hydroxylation sites is 1. The molecule has 0 saturated heterocycles. The third-order valence-electron chi connectivity index (χ3n) is 3.01. The van der Waals surface area contributed by atoms with Gasteiger partial charge in [-0.25, -0.2) is 0 Å². The molecule has 0 bridgehead atoms. The van der Waals surface area contributed by atoms with E-state index in [0.29, 0.717) is 13.2 Å². The molecule has 0 spiro atoms. The van der Waals surface area contributed by atoms with Crippen LogP contribution >= 0.6 is 12.4 Å². The van der Waals surface area contributed by atoms with Gasteiger partial charge in [-0.15, -0.1) is 12.4 Å². The number of aliphatic hydroxyl groups is 1. The number of hydrogen-bond acceptors (Lipinski definition) is 3. The highest BCUT2D eigenvalue weighted by molar-refractivity contribution is 5.85. The quantitative estimate of drug-likeness (QED) is 0.802. The third kappa shape index (κ3) is 5.25. The molecule has 0 fully saturated rings. The van der Waals surface area contributed by atoms with Crippen LogP contribution in [0.25, 0.3) is 0 Å². The summed E-state index contributed by atoms with van der Waals surface area (Å²) >= 11 is 0. The molecule has 104 valence electrons. The first kappa shape index (κ1) is 17.2. The van der Waals surface area contributed by atoms with Gasteiger partial charge >= 0.3 is 0 Å². The second-order valence-electron chi connectivity index (χ2n) is 4.48. The Morgan fingerprint density at radius 1 is 1.22 bits per heavy atom. The van der Waals surface area contributed by atoms with Gasteiger partial charge in [0.05, 0.1) is 6.61 Å². The van der Waals surface area contributed by atoms with Crippen molar-refractivity contribution in [3.63, 3.8) is 0 Å². The van der Waals surface area contributed by atoms with Crippen LogP contribution in [0, 0.1) is 19.8 Å². The lowest BCUT2D eigenvalue weighted by atomic mass is 10.0. The summed E-state index contributed by atoms with van der Waals surface area (Å²) in [6.07, 6.45) is 1.70. The highest BCUT2D eigenvalue weighted by Crippen LogP contribution is 2.22. The zero-order valence-electron chi connectivity index (χ0n) is 11.2. The predicted molar refractivity (Wildman–Crippen MR) is 77.5 cm³/mol. The monoisotopic (exact) mass is 273 g/mol. The van der Waals surface area contributed by atoms with Gasteiger partial charge in [0.1, 0.15) is 5.75 Å². The zero-order valence-corrected chi connectivity index (χ0v) is 12.0. The van der Waals surface area contributed by atoms with Crippen molar-refractivity contribution in [2.24, 2.45) is 11.7 Å². The van der Waals surface area contributed by atoms with Gasteiger partial charge in [-0.05, 0) is 50.3 Å². The maximum Gasteiger partial charge on any atom is 0.125 e. The number of nitrogens with two attached hydrogens (primary N) is 1. The molecule has 0 aliphatic rings. The lowest BCUT2D eigenvalue weighted by Gasteiger charge is -2.15. The number of benzene rings is 1. The predicted octanol–water partition coefficient (Wildman–Crippen LogP) is 2.45. The largest absolute Gasteiger partial charge is 0.493 e. The van der Waals surface area contributed by atoms with E-state index in [4.69, 9.17) is 15.6 Å². The van der Waals surface area contributed by atoms with E-state index in [1.165, 1.54) is 0 Å². The maximum absolute atomic E-state index is 9.15. The van der Waals surface area contributed by atoms with Crippen LogP contribution in [0.1, 0.15) is 24.0 Å². The van der Waals surface area contributed by atoms with Crippen LogP contribution in [0.5, 0.6) is 5.75 Å². The Kier molecular flexibility index (Phi) is 8.81. The molecule has 0 saturated carbocycles. The maximum atomic E-state index is 9.15. The highest BCUT2D eigenvalue weighted by atomic mass is 35.5. The molecule has 0 aromatic heterocycles. The van der Waals surface area contributed by atoms with E-state index in [-0.39, 0.29) is 24.9 Å². The highest BCUT2D eigenvalue weighted by Gasteiger charge is 2.08. The lowest BCUT2D eigenvalue weighted by molar-refractivity contribution is 0.185. The minimum absolute atomic E-state index is 0. The van der Waals surface area contributed by atoms with Crippen LogP contribution in [0.2, 0.25) is 0 Å². The number of aryl methyl sites for hydroxylation is 2. The molecule has 3 N–H and O–H groups in total. The molecule has 0 amide bonds. The molecular weight excluding hydrogens is 250 g/mol. The molecule has 0 aliphatic heterocycles. The fraction of sp³-hybridized carbons (Fsp3) is 0.571. The van der Waals surface area contributed by atoms with Gasteiger partial charge in [0.15, 0.2) is 0 Å². The summed E-state index contributed by atoms with van der Waals surface area (Å²) in [6, 6.07) is 6.12. The lowest BCUT2D eigenvalue weighted by Crippen LogP contribution is -2.15. The molecule has 18 heavy (non-hydrogen) atoms. The molecule has 4 heteroatoms. The van der Waals surface area contributed by atoms with Gasteiger partial charge in [0.25, 0.3) is 0 Å². The minimum atomic E-state index is 0. The number of halogens is 1. The molecule has 1 atom stereocenters. The van der Waals surface area contributed by atoms with E-state index in [0.717, 1.165) is 29.7 Å². The first-order valence-electron chi connectivity index (χ1n) is 6.19. The van der Waals surface area contributed by atoms with Gasteiger partial charge < -0.3 is 15.6 Å². The normalized spacial score (nSPS) is 11.8. The Hall–Kier alpha value is -0.770. The molecule has 0 unspecified atom stereocenters. The van der Waals surface area contributed by atoms with Gasteiger partial charge in [0.2, 0.25) is 0 Å². The summed E-state index contributed by atoms with van der Waals surface area (Å²) in [6.45, 7) is 5.54. The van der Waals surface area contributed by atoms with E-state index in [1.54, 1.807) is 0 Å². The summed E-state index contributed by atoms with van der Waals surface area (Å²) in [5.41, 5.74) is 7.80. The van der Waals surface area contributed by atoms with Crippen LogP contribution in [0.4, 0.5) is 0 Å². The fourth-order valence-corrected chi connectivity index (χ4v) is 1.92. The average Bonchev–Trinajstić information content (AvgIpc) is 2.31. The minimum Gasteiger partial charge on any atom is -0.493 e. The summed E-state index contributed by atoms with van der Waals surface area (Å²) in [5, 5.41) is 9.15. The van der Waals surface area contributed by atoms with Crippen LogP contribution in [-0.4, -0.2) is 24.9 Å². The average molecular weight is 274 g/mol. The van der Waals surface area contributed by atoms with Crippen LogP contribution in [0.3, 0.4) is 0 Å². The molecule has 1 aromatic carbocycles. The van der Waals surface area contributed by atoms with E-state index < -0.39 is 0 Å². The van der Waals surface area contributed by atoms with E-state index in [1.807, 2.05) is 32.0 Å². The second-order valence-corrected chi connectivity index (χ2v) is 4.48. The number of ether oxygens (including phenoxy) is 1. The smallest absolute Gasteiger partial charge is 0.125 e. The summed E-state index contributed by atoms with van der Waals surface area (Å²) in [7, 11) is 0. The van der Waals surface area contributed by atoms with Crippen molar-refractivity contribution in [3.05, 3.63) is 29.3 Å². The van der Waals surface area contributed by atoms with Gasteiger partial charge in [-0.3, -0.25) is 0 Å². The summed E-state index contributed by atoms with van der Waals surface area (Å²) < 4.78 is 5.79. The molecule has 1 rings (SSSR count). The first-order chi connectivity index (χ1) is 8.19. The van der Waals surface area contributed by atoms with Crippen molar-refractivity contribution in [3.8, 4) is 5.75 Å². The Labute approximate surface area is 116 Å². The Bertz CT molecular complexity index is 324. The Balaban J connectivity index is 0.00000289. The van der Waals surface area contributed by atoms with Crippen LogP contribution in [0.15, 0.2) is 18.2 Å². The van der Waals surface area contributed by atoms with Gasteiger partial charge in [0, 0.05) is 6.61 Å². The Morgan fingerprint density at radius 2 is 1.83 bits per heavy atom. The van der Waals surface area contributed by atoms with Gasteiger partial charge in [-0.2, -0.15) is 0 Å². The van der Waals surface area contributed by atoms with Gasteiger partial charge in [-0.1, -0.05) is 18.2 Å². The van der Waals surface area contributed by atoms with Crippen molar-refractivity contribution in [1.29, 1.82) is 0 Å². The van der Waals surface area contributed by atoms with E-state index in [9.17, 15) is 0 Å². The Morgan fingerprint density at radius 3 is 2.33 bits per heavy atom. The summed E-state index contributed by atoms with van der Waals surface area (Å²) in [5.74, 6) is 1.22. The SMILES string of the molecule is Cc1cccc(C)c1OCC[C@H](CO)CCN.Cl. The van der Waals surface area contributed by atoms with Crippen molar-refractivity contribution < 1.29 is 9.84 Å². The molecule has 0 heterocycles. The summed E-state index contributed by atoms with van der Waals surface area (Å²) in [4.78, 5) is 0. The topological polar surface area (TPSA) is 55.5 Å². The van der Waals surface area contributed by atoms with Crippen molar-refractivity contribution in [1.82, 2.24) is 0 Å². The molecule has 1 aromatic rings. The van der Waals surface area contributed by atoms with Crippen molar-refractivity contribution in [2.75, 3.05) is 19.8 Å².